The van der Waals surface area contributed by atoms with Crippen LogP contribution in [0.1, 0.15) is 12.5 Å². The molecule has 0 aliphatic carbocycles. The van der Waals surface area contributed by atoms with E-state index < -0.39 is 17.3 Å². The lowest BCUT2D eigenvalue weighted by Crippen LogP contribution is -2.47. The van der Waals surface area contributed by atoms with Crippen molar-refractivity contribution in [2.75, 3.05) is 0 Å². The van der Waals surface area contributed by atoms with Gasteiger partial charge in [-0.3, -0.25) is 4.79 Å². The van der Waals surface area contributed by atoms with Crippen molar-refractivity contribution >= 4 is 17.6 Å². The second-order valence-corrected chi connectivity index (χ2v) is 4.01. The van der Waals surface area contributed by atoms with Crippen molar-refractivity contribution in [2.45, 2.75) is 18.9 Å². The Bertz CT molecular complexity index is 373. The van der Waals surface area contributed by atoms with Crippen molar-refractivity contribution in [3.63, 3.8) is 0 Å². The van der Waals surface area contributed by atoms with E-state index >= 15 is 0 Å². The first kappa shape index (κ1) is 11.9. The number of hydrogen-bond donors (Lipinski definition) is 2. The fourth-order valence-corrected chi connectivity index (χ4v) is 1.37. The van der Waals surface area contributed by atoms with Gasteiger partial charge >= 0.3 is 5.97 Å². The smallest absolute Gasteiger partial charge is 0.323 e. The van der Waals surface area contributed by atoms with E-state index in [1.165, 1.54) is 25.1 Å². The lowest BCUT2D eigenvalue weighted by atomic mass is 9.94. The van der Waals surface area contributed by atoms with Crippen LogP contribution in [0.3, 0.4) is 0 Å². The zero-order valence-corrected chi connectivity index (χ0v) is 8.88. The topological polar surface area (TPSA) is 63.3 Å². The summed E-state index contributed by atoms with van der Waals surface area (Å²) in [5, 5.41) is 8.98. The Hall–Kier alpha value is -1.13. The molecule has 82 valence electrons. The largest absolute Gasteiger partial charge is 0.480 e. The zero-order valence-electron chi connectivity index (χ0n) is 8.13. The molecule has 0 aromatic heterocycles. The molecule has 0 saturated carbocycles. The highest BCUT2D eigenvalue weighted by atomic mass is 35.5. The van der Waals surface area contributed by atoms with E-state index in [9.17, 15) is 9.18 Å². The van der Waals surface area contributed by atoms with Crippen LogP contribution in [0.5, 0.6) is 0 Å². The molecule has 0 saturated heterocycles. The molecule has 0 fully saturated rings. The van der Waals surface area contributed by atoms with Crippen LogP contribution in [0.15, 0.2) is 18.2 Å². The van der Waals surface area contributed by atoms with Crippen LogP contribution in [0.25, 0.3) is 0 Å². The normalized spacial score (nSPS) is 14.7. The summed E-state index contributed by atoms with van der Waals surface area (Å²) in [6, 6.07) is 4.17. The Balaban J connectivity index is 3.04. The van der Waals surface area contributed by atoms with Gasteiger partial charge in [0.1, 0.15) is 11.4 Å². The van der Waals surface area contributed by atoms with Gasteiger partial charge in [-0.25, -0.2) is 4.39 Å². The number of rotatable bonds is 3. The van der Waals surface area contributed by atoms with Gasteiger partial charge in [0, 0.05) is 17.0 Å². The van der Waals surface area contributed by atoms with E-state index in [1.807, 2.05) is 0 Å². The number of carboxylic acid groups (broad SMARTS) is 1. The monoisotopic (exact) mass is 231 g/mol. The highest BCUT2D eigenvalue weighted by Crippen LogP contribution is 2.23. The summed E-state index contributed by atoms with van der Waals surface area (Å²) in [6.45, 7) is 1.32. The molecule has 0 aliphatic heterocycles. The van der Waals surface area contributed by atoms with Crippen LogP contribution < -0.4 is 5.73 Å². The SMILES string of the molecule is CC(N)(Cc1c(F)cccc1Cl)C(=O)O. The van der Waals surface area contributed by atoms with Crippen molar-refractivity contribution in [1.82, 2.24) is 0 Å². The third-order valence-electron chi connectivity index (χ3n) is 2.09. The molecule has 1 aromatic rings. The van der Waals surface area contributed by atoms with Crippen molar-refractivity contribution in [3.05, 3.63) is 34.6 Å². The highest BCUT2D eigenvalue weighted by Gasteiger charge is 2.30. The average molecular weight is 232 g/mol. The molecule has 3 nitrogen and oxygen atoms in total. The van der Waals surface area contributed by atoms with Crippen molar-refractivity contribution in [1.29, 1.82) is 0 Å². The van der Waals surface area contributed by atoms with E-state index in [2.05, 4.69) is 0 Å². The second kappa shape index (κ2) is 4.16. The Morgan fingerprint density at radius 2 is 2.27 bits per heavy atom. The fraction of sp³-hybridized carbons (Fsp3) is 0.300. The Morgan fingerprint density at radius 3 is 2.73 bits per heavy atom. The first-order valence-corrected chi connectivity index (χ1v) is 4.67. The third kappa shape index (κ3) is 2.67. The number of carboxylic acids is 1. The molecule has 0 radical (unpaired) electrons. The van der Waals surface area contributed by atoms with Gasteiger partial charge in [0.2, 0.25) is 0 Å². The molecule has 1 atom stereocenters. The van der Waals surface area contributed by atoms with Crippen LogP contribution in [-0.2, 0) is 11.2 Å². The van der Waals surface area contributed by atoms with Gasteiger partial charge in [0.05, 0.1) is 0 Å². The van der Waals surface area contributed by atoms with E-state index in [4.69, 9.17) is 22.4 Å². The minimum Gasteiger partial charge on any atom is -0.480 e. The van der Waals surface area contributed by atoms with E-state index in [-0.39, 0.29) is 17.0 Å². The van der Waals surface area contributed by atoms with Crippen LogP contribution >= 0.6 is 11.6 Å². The number of halogens is 2. The molecule has 1 rings (SSSR count). The first-order valence-electron chi connectivity index (χ1n) is 4.30. The molecular formula is C10H11ClFNO2. The molecule has 0 spiro atoms. The lowest BCUT2D eigenvalue weighted by Gasteiger charge is -2.19. The Morgan fingerprint density at radius 1 is 1.67 bits per heavy atom. The lowest BCUT2D eigenvalue weighted by molar-refractivity contribution is -0.142. The Kier molecular flexibility index (Phi) is 3.31. The summed E-state index contributed by atoms with van der Waals surface area (Å²) in [4.78, 5) is 10.8. The van der Waals surface area contributed by atoms with Crippen molar-refractivity contribution in [3.8, 4) is 0 Å². The maximum atomic E-state index is 13.3. The summed E-state index contributed by atoms with van der Waals surface area (Å²) in [5.41, 5.74) is 4.11. The summed E-state index contributed by atoms with van der Waals surface area (Å²) in [6.07, 6.45) is -0.145. The summed E-state index contributed by atoms with van der Waals surface area (Å²) < 4.78 is 13.3. The van der Waals surface area contributed by atoms with Gasteiger partial charge in [0.25, 0.3) is 0 Å². The number of benzene rings is 1. The molecule has 1 unspecified atom stereocenters. The van der Waals surface area contributed by atoms with Gasteiger partial charge in [-0.05, 0) is 19.1 Å². The highest BCUT2D eigenvalue weighted by molar-refractivity contribution is 6.31. The standard InChI is InChI=1S/C10H11ClFNO2/c1-10(13,9(14)15)5-6-7(11)3-2-4-8(6)12/h2-4H,5,13H2,1H3,(H,14,15). The summed E-state index contributed by atoms with van der Waals surface area (Å²) >= 11 is 5.75. The minimum absolute atomic E-state index is 0.131. The van der Waals surface area contributed by atoms with Gasteiger partial charge in [0.15, 0.2) is 0 Å². The van der Waals surface area contributed by atoms with Gasteiger partial charge in [-0.2, -0.15) is 0 Å². The molecule has 0 aliphatic rings. The average Bonchev–Trinajstić information content (AvgIpc) is 2.11. The predicted octanol–water partition coefficient (Wildman–Crippen LogP) is 1.82. The summed E-state index contributed by atoms with van der Waals surface area (Å²) in [7, 11) is 0. The second-order valence-electron chi connectivity index (χ2n) is 3.60. The van der Waals surface area contributed by atoms with Gasteiger partial charge < -0.3 is 10.8 Å². The van der Waals surface area contributed by atoms with Crippen LogP contribution in [0, 0.1) is 5.82 Å². The number of hydrogen-bond acceptors (Lipinski definition) is 2. The number of nitrogens with two attached hydrogens (primary N) is 1. The fourth-order valence-electron chi connectivity index (χ4n) is 1.14. The molecule has 3 N–H and O–H groups in total. The van der Waals surface area contributed by atoms with E-state index in [0.29, 0.717) is 0 Å². The summed E-state index contributed by atoms with van der Waals surface area (Å²) in [5.74, 6) is -1.73. The quantitative estimate of drug-likeness (QED) is 0.834. The third-order valence-corrected chi connectivity index (χ3v) is 2.45. The first-order chi connectivity index (χ1) is 6.84. The van der Waals surface area contributed by atoms with Crippen LogP contribution in [0.2, 0.25) is 5.02 Å². The van der Waals surface area contributed by atoms with E-state index in [0.717, 1.165) is 0 Å². The number of aliphatic carboxylic acids is 1. The molecule has 1 aromatic carbocycles. The van der Waals surface area contributed by atoms with Crippen molar-refractivity contribution in [2.24, 2.45) is 5.73 Å². The van der Waals surface area contributed by atoms with E-state index in [1.54, 1.807) is 0 Å². The molecule has 5 heteroatoms. The molecule has 15 heavy (non-hydrogen) atoms. The molecule has 0 amide bonds. The molecule has 0 heterocycles. The minimum atomic E-state index is -1.52. The molecule has 0 bridgehead atoms. The maximum Gasteiger partial charge on any atom is 0.323 e. The predicted molar refractivity (Wildman–Crippen MR) is 55.3 cm³/mol. The number of carbonyl (C=O) groups is 1. The maximum absolute atomic E-state index is 13.3. The van der Waals surface area contributed by atoms with Crippen LogP contribution in [0.4, 0.5) is 4.39 Å². The van der Waals surface area contributed by atoms with Crippen LogP contribution in [-0.4, -0.2) is 16.6 Å². The van der Waals surface area contributed by atoms with Gasteiger partial charge in [-0.15, -0.1) is 0 Å². The molecular weight excluding hydrogens is 221 g/mol. The van der Waals surface area contributed by atoms with Gasteiger partial charge in [-0.1, -0.05) is 17.7 Å². The Labute approximate surface area is 91.7 Å². The van der Waals surface area contributed by atoms with Crippen molar-refractivity contribution < 1.29 is 14.3 Å². The zero-order chi connectivity index (χ0) is 11.6.